The maximum Gasteiger partial charge on any atom is 0.123 e. The second-order valence-electron chi connectivity index (χ2n) is 4.62. The Kier molecular flexibility index (Phi) is 4.45. The molecule has 1 aromatic carbocycles. The molecule has 5 heteroatoms. The third-order valence-electron chi connectivity index (χ3n) is 3.03. The van der Waals surface area contributed by atoms with Gasteiger partial charge in [0, 0.05) is 36.9 Å². The molecule has 1 aromatic heterocycles. The summed E-state index contributed by atoms with van der Waals surface area (Å²) in [5.74, 6) is 0.862. The van der Waals surface area contributed by atoms with Gasteiger partial charge in [-0.05, 0) is 25.2 Å². The molecule has 0 N–H and O–H groups in total. The lowest BCUT2D eigenvalue weighted by Gasteiger charge is -2.18. The number of methoxy groups -OCH3 is 1. The van der Waals surface area contributed by atoms with Gasteiger partial charge in [0.15, 0.2) is 0 Å². The summed E-state index contributed by atoms with van der Waals surface area (Å²) in [4.78, 5) is 6.32. The summed E-state index contributed by atoms with van der Waals surface area (Å²) in [7, 11) is 5.73. The molecule has 19 heavy (non-hydrogen) atoms. The van der Waals surface area contributed by atoms with Crippen LogP contribution in [0.1, 0.15) is 11.3 Å². The molecule has 0 amide bonds. The Labute approximate surface area is 118 Å². The van der Waals surface area contributed by atoms with Gasteiger partial charge in [0.25, 0.3) is 0 Å². The van der Waals surface area contributed by atoms with Crippen LogP contribution in [0.5, 0.6) is 5.75 Å². The smallest absolute Gasteiger partial charge is 0.123 e. The van der Waals surface area contributed by atoms with Crippen molar-refractivity contribution in [3.8, 4) is 5.75 Å². The van der Waals surface area contributed by atoms with Gasteiger partial charge in [-0.25, -0.2) is 4.98 Å². The van der Waals surface area contributed by atoms with Crippen LogP contribution in [0, 0.1) is 0 Å². The summed E-state index contributed by atoms with van der Waals surface area (Å²) < 4.78 is 7.38. The van der Waals surface area contributed by atoms with Crippen molar-refractivity contribution in [3.05, 3.63) is 47.0 Å². The first-order chi connectivity index (χ1) is 9.10. The van der Waals surface area contributed by atoms with Gasteiger partial charge in [0.05, 0.1) is 19.1 Å². The molecule has 0 bridgehead atoms. The van der Waals surface area contributed by atoms with Gasteiger partial charge in [0.1, 0.15) is 5.75 Å². The Hall–Kier alpha value is -1.52. The molecular weight excluding hydrogens is 262 g/mol. The highest BCUT2D eigenvalue weighted by Crippen LogP contribution is 2.24. The molecule has 0 saturated carbocycles. The summed E-state index contributed by atoms with van der Waals surface area (Å²) in [5.41, 5.74) is 2.25. The van der Waals surface area contributed by atoms with E-state index in [2.05, 4.69) is 16.9 Å². The van der Waals surface area contributed by atoms with Gasteiger partial charge in [-0.2, -0.15) is 0 Å². The van der Waals surface area contributed by atoms with Crippen molar-refractivity contribution < 1.29 is 4.74 Å². The predicted molar refractivity (Wildman–Crippen MR) is 76.4 cm³/mol. The van der Waals surface area contributed by atoms with Crippen molar-refractivity contribution in [2.75, 3.05) is 14.2 Å². The maximum absolute atomic E-state index is 6.04. The maximum atomic E-state index is 6.04. The number of imidazole rings is 1. The topological polar surface area (TPSA) is 30.3 Å². The predicted octanol–water partition coefficient (Wildman–Crippen LogP) is 2.71. The number of benzene rings is 1. The van der Waals surface area contributed by atoms with E-state index < -0.39 is 0 Å². The molecule has 2 aromatic rings. The van der Waals surface area contributed by atoms with Crippen LogP contribution in [0.3, 0.4) is 0 Å². The van der Waals surface area contributed by atoms with Crippen molar-refractivity contribution in [3.63, 3.8) is 0 Å². The van der Waals surface area contributed by atoms with Gasteiger partial charge in [-0.1, -0.05) is 11.6 Å². The van der Waals surface area contributed by atoms with E-state index in [1.54, 1.807) is 7.11 Å². The number of rotatable bonds is 5. The highest BCUT2D eigenvalue weighted by atomic mass is 35.5. The molecule has 0 spiro atoms. The zero-order chi connectivity index (χ0) is 13.8. The van der Waals surface area contributed by atoms with Crippen molar-refractivity contribution in [1.82, 2.24) is 14.5 Å². The van der Waals surface area contributed by atoms with Crippen LogP contribution >= 0.6 is 11.6 Å². The fourth-order valence-electron chi connectivity index (χ4n) is 2.03. The monoisotopic (exact) mass is 279 g/mol. The number of aromatic nitrogens is 2. The van der Waals surface area contributed by atoms with E-state index in [-0.39, 0.29) is 0 Å². The third kappa shape index (κ3) is 3.49. The molecule has 1 heterocycles. The zero-order valence-corrected chi connectivity index (χ0v) is 12.2. The molecule has 0 unspecified atom stereocenters. The fraction of sp³-hybridized carbons (Fsp3) is 0.357. The largest absolute Gasteiger partial charge is 0.496 e. The quantitative estimate of drug-likeness (QED) is 0.843. The van der Waals surface area contributed by atoms with E-state index in [1.165, 1.54) is 5.69 Å². The second kappa shape index (κ2) is 6.08. The van der Waals surface area contributed by atoms with E-state index >= 15 is 0 Å². The van der Waals surface area contributed by atoms with Crippen molar-refractivity contribution >= 4 is 11.6 Å². The fourth-order valence-corrected chi connectivity index (χ4v) is 2.23. The molecule has 0 saturated heterocycles. The van der Waals surface area contributed by atoms with Crippen LogP contribution in [0.2, 0.25) is 5.02 Å². The number of aryl methyl sites for hydroxylation is 1. The second-order valence-corrected chi connectivity index (χ2v) is 5.06. The van der Waals surface area contributed by atoms with Crippen LogP contribution in [0.4, 0.5) is 0 Å². The molecule has 0 aliphatic rings. The molecule has 0 radical (unpaired) electrons. The zero-order valence-electron chi connectivity index (χ0n) is 11.4. The minimum absolute atomic E-state index is 0.727. The molecule has 2 rings (SSSR count). The van der Waals surface area contributed by atoms with Gasteiger partial charge in [-0.15, -0.1) is 0 Å². The molecule has 0 aliphatic heterocycles. The van der Waals surface area contributed by atoms with Crippen LogP contribution < -0.4 is 4.74 Å². The Morgan fingerprint density at radius 2 is 2.16 bits per heavy atom. The number of hydrogen-bond acceptors (Lipinski definition) is 3. The standard InChI is InChI=1S/C14H18ClN3O/c1-17(9-13-7-16-10-18(13)2)8-11-6-12(15)4-5-14(11)19-3/h4-7,10H,8-9H2,1-3H3. The minimum atomic E-state index is 0.727. The van der Waals surface area contributed by atoms with Crippen molar-refractivity contribution in [2.45, 2.75) is 13.1 Å². The van der Waals surface area contributed by atoms with Crippen LogP contribution in [0.15, 0.2) is 30.7 Å². The van der Waals surface area contributed by atoms with Gasteiger partial charge >= 0.3 is 0 Å². The van der Waals surface area contributed by atoms with Gasteiger partial charge in [0.2, 0.25) is 0 Å². The lowest BCUT2D eigenvalue weighted by atomic mass is 10.2. The Morgan fingerprint density at radius 1 is 1.37 bits per heavy atom. The molecule has 0 aliphatic carbocycles. The van der Waals surface area contributed by atoms with E-state index in [4.69, 9.17) is 16.3 Å². The number of hydrogen-bond donors (Lipinski definition) is 0. The van der Waals surface area contributed by atoms with Crippen molar-refractivity contribution in [2.24, 2.45) is 7.05 Å². The average molecular weight is 280 g/mol. The van der Waals surface area contributed by atoms with Crippen LogP contribution in [-0.4, -0.2) is 28.6 Å². The average Bonchev–Trinajstić information content (AvgIpc) is 2.75. The van der Waals surface area contributed by atoms with Crippen LogP contribution in [-0.2, 0) is 20.1 Å². The Bertz CT molecular complexity index is 553. The molecular formula is C14H18ClN3O. The normalized spacial score (nSPS) is 11.0. The number of ether oxygens (including phenoxy) is 1. The first-order valence-corrected chi connectivity index (χ1v) is 6.44. The Morgan fingerprint density at radius 3 is 2.79 bits per heavy atom. The summed E-state index contributed by atoms with van der Waals surface area (Å²) in [5, 5.41) is 0.727. The van der Waals surface area contributed by atoms with E-state index in [9.17, 15) is 0 Å². The lowest BCUT2D eigenvalue weighted by molar-refractivity contribution is 0.303. The summed E-state index contributed by atoms with van der Waals surface area (Å²) in [6.07, 6.45) is 3.69. The summed E-state index contributed by atoms with van der Waals surface area (Å²) in [6, 6.07) is 5.68. The molecule has 4 nitrogen and oxygen atoms in total. The number of nitrogens with zero attached hydrogens (tertiary/aromatic N) is 3. The highest BCUT2D eigenvalue weighted by molar-refractivity contribution is 6.30. The van der Waals surface area contributed by atoms with E-state index in [0.717, 1.165) is 29.4 Å². The first-order valence-electron chi connectivity index (χ1n) is 6.06. The first kappa shape index (κ1) is 13.9. The third-order valence-corrected chi connectivity index (χ3v) is 3.27. The van der Waals surface area contributed by atoms with Gasteiger partial charge in [-0.3, -0.25) is 4.90 Å². The molecule has 0 atom stereocenters. The molecule has 102 valence electrons. The van der Waals surface area contributed by atoms with Gasteiger partial charge < -0.3 is 9.30 Å². The number of halogens is 1. The van der Waals surface area contributed by atoms with Crippen LogP contribution in [0.25, 0.3) is 0 Å². The lowest BCUT2D eigenvalue weighted by Crippen LogP contribution is -2.19. The minimum Gasteiger partial charge on any atom is -0.496 e. The van der Waals surface area contributed by atoms with Crippen molar-refractivity contribution in [1.29, 1.82) is 0 Å². The summed E-state index contributed by atoms with van der Waals surface area (Å²) >= 11 is 6.04. The highest BCUT2D eigenvalue weighted by Gasteiger charge is 2.09. The Balaban J connectivity index is 2.08. The van der Waals surface area contributed by atoms with E-state index in [1.807, 2.05) is 42.3 Å². The van der Waals surface area contributed by atoms with E-state index in [0.29, 0.717) is 0 Å². The summed E-state index contributed by atoms with van der Waals surface area (Å²) in [6.45, 7) is 1.60. The SMILES string of the molecule is COc1ccc(Cl)cc1CN(C)Cc1cncn1C. The molecule has 0 fully saturated rings.